The molecule has 3 rings (SSSR count). The Hall–Kier alpha value is -2.19. The number of rotatable bonds is 9. The van der Waals surface area contributed by atoms with Crippen LogP contribution in [0.25, 0.3) is 0 Å². The van der Waals surface area contributed by atoms with Crippen molar-refractivity contribution >= 4 is 15.7 Å². The number of halogens is 4. The van der Waals surface area contributed by atoms with E-state index < -0.39 is 56.1 Å². The fourth-order valence-electron chi connectivity index (χ4n) is 3.78. The molecule has 1 aromatic rings. The molecule has 2 aliphatic rings. The summed E-state index contributed by atoms with van der Waals surface area (Å²) in [7, 11) is -4.03. The molecule has 0 unspecified atom stereocenters. The van der Waals surface area contributed by atoms with Gasteiger partial charge in [-0.3, -0.25) is 10.1 Å². The van der Waals surface area contributed by atoms with Gasteiger partial charge in [0.05, 0.1) is 23.0 Å². The lowest BCUT2D eigenvalue weighted by Gasteiger charge is -2.39. The van der Waals surface area contributed by atoms with Gasteiger partial charge < -0.3 is 5.73 Å². The van der Waals surface area contributed by atoms with Gasteiger partial charge in [0, 0.05) is 5.56 Å². The van der Waals surface area contributed by atoms with E-state index in [1.165, 1.54) is 12.1 Å². The van der Waals surface area contributed by atoms with Gasteiger partial charge in [0.1, 0.15) is 17.4 Å². The average Bonchev–Trinajstić information content (AvgIpc) is 3.53. The van der Waals surface area contributed by atoms with Gasteiger partial charge in [-0.25, -0.2) is 12.8 Å². The number of nitrogens with one attached hydrogen (secondary N) is 1. The van der Waals surface area contributed by atoms with Crippen LogP contribution in [-0.2, 0) is 14.6 Å². The summed E-state index contributed by atoms with van der Waals surface area (Å²) in [5, 5.41) is 11.7. The summed E-state index contributed by atoms with van der Waals surface area (Å²) in [6, 6.07) is 3.17. The molecule has 0 spiro atoms. The lowest BCUT2D eigenvalue weighted by molar-refractivity contribution is -0.166. The zero-order valence-electron chi connectivity index (χ0n) is 15.9. The summed E-state index contributed by atoms with van der Waals surface area (Å²) >= 11 is 0. The third-order valence-electron chi connectivity index (χ3n) is 5.76. The second-order valence-corrected chi connectivity index (χ2v) is 10.2. The number of hydrogen-bond acceptors (Lipinski definition) is 5. The summed E-state index contributed by atoms with van der Waals surface area (Å²) in [6.07, 6.45) is -3.75. The molecule has 2 fully saturated rings. The van der Waals surface area contributed by atoms with E-state index in [-0.39, 0.29) is 24.5 Å². The van der Waals surface area contributed by atoms with Crippen molar-refractivity contribution in [1.82, 2.24) is 5.32 Å². The van der Waals surface area contributed by atoms with Gasteiger partial charge in [-0.05, 0) is 37.7 Å². The van der Waals surface area contributed by atoms with Crippen molar-refractivity contribution in [2.45, 2.75) is 43.4 Å². The van der Waals surface area contributed by atoms with Gasteiger partial charge in [-0.15, -0.1) is 0 Å². The molecule has 164 valence electrons. The van der Waals surface area contributed by atoms with E-state index in [4.69, 9.17) is 5.73 Å². The van der Waals surface area contributed by atoms with Crippen LogP contribution < -0.4 is 11.1 Å². The molecule has 2 atom stereocenters. The van der Waals surface area contributed by atoms with Gasteiger partial charge in [-0.1, -0.05) is 18.2 Å². The molecule has 2 aliphatic carbocycles. The number of carbonyl (C=O) groups excluding carboxylic acids is 1. The first-order valence-corrected chi connectivity index (χ1v) is 11.2. The Morgan fingerprint density at radius 2 is 1.90 bits per heavy atom. The van der Waals surface area contributed by atoms with E-state index in [9.17, 15) is 36.0 Å². The number of nitrogens with zero attached hydrogens (tertiary/aromatic N) is 1. The minimum absolute atomic E-state index is 0.000236. The molecule has 0 aromatic heterocycles. The quantitative estimate of drug-likeness (QED) is 0.565. The Bertz CT molecular complexity index is 981. The first-order valence-electron chi connectivity index (χ1n) is 9.36. The molecule has 0 radical (unpaired) electrons. The maximum absolute atomic E-state index is 14.2. The van der Waals surface area contributed by atoms with Gasteiger partial charge in [0.25, 0.3) is 0 Å². The number of amides is 1. The highest BCUT2D eigenvalue weighted by Gasteiger charge is 2.67. The molecular formula is C19H21F4N3O3S. The number of primary amides is 1. The molecule has 0 heterocycles. The minimum atomic E-state index is -5.09. The highest BCUT2D eigenvalue weighted by molar-refractivity contribution is 7.91. The topological polar surface area (TPSA) is 113 Å². The van der Waals surface area contributed by atoms with Gasteiger partial charge in [-0.2, -0.15) is 18.4 Å². The molecular weight excluding hydrogens is 426 g/mol. The van der Waals surface area contributed by atoms with E-state index >= 15 is 0 Å². The maximum Gasteiger partial charge on any atom is 0.408 e. The van der Waals surface area contributed by atoms with Gasteiger partial charge in [0.2, 0.25) is 5.91 Å². The number of carbonyl (C=O) groups is 1. The van der Waals surface area contributed by atoms with Crippen molar-refractivity contribution < 1.29 is 30.8 Å². The lowest BCUT2D eigenvalue weighted by atomic mass is 9.81. The number of nitrogens with two attached hydrogens (primary N) is 1. The van der Waals surface area contributed by atoms with Crippen molar-refractivity contribution in [3.63, 3.8) is 0 Å². The van der Waals surface area contributed by atoms with Crippen LogP contribution in [0.4, 0.5) is 17.6 Å². The van der Waals surface area contributed by atoms with Crippen molar-refractivity contribution in [1.29, 1.82) is 5.26 Å². The molecule has 11 heteroatoms. The van der Waals surface area contributed by atoms with Crippen LogP contribution >= 0.6 is 0 Å². The monoisotopic (exact) mass is 447 g/mol. The zero-order valence-corrected chi connectivity index (χ0v) is 16.7. The highest BCUT2D eigenvalue weighted by atomic mass is 32.2. The number of nitriles is 1. The van der Waals surface area contributed by atoms with Crippen LogP contribution in [-0.4, -0.2) is 37.5 Å². The Morgan fingerprint density at radius 3 is 2.33 bits per heavy atom. The van der Waals surface area contributed by atoms with Crippen LogP contribution in [0, 0.1) is 28.5 Å². The Kier molecular flexibility index (Phi) is 5.62. The smallest absolute Gasteiger partial charge is 0.368 e. The fraction of sp³-hybridized carbons (Fsp3) is 0.579. The van der Waals surface area contributed by atoms with Gasteiger partial charge in [0.15, 0.2) is 9.84 Å². The van der Waals surface area contributed by atoms with Crippen molar-refractivity contribution in [3.8, 4) is 6.07 Å². The Balaban J connectivity index is 2.10. The molecule has 1 aromatic carbocycles. The van der Waals surface area contributed by atoms with Crippen molar-refractivity contribution in [2.24, 2.45) is 17.1 Å². The number of sulfone groups is 1. The van der Waals surface area contributed by atoms with Crippen LogP contribution in [0.3, 0.4) is 0 Å². The van der Waals surface area contributed by atoms with Crippen LogP contribution in [0.1, 0.15) is 37.3 Å². The van der Waals surface area contributed by atoms with Crippen LogP contribution in [0.2, 0.25) is 0 Å². The Morgan fingerprint density at radius 1 is 1.30 bits per heavy atom. The van der Waals surface area contributed by atoms with Crippen molar-refractivity contribution in [2.75, 3.05) is 11.5 Å². The van der Waals surface area contributed by atoms with E-state index in [2.05, 4.69) is 0 Å². The SMILES string of the molecule is N#CC1([C@@](CS(=O)(=O)CC2CC2)(N[C@@H](c2ccccc2F)C(F)(F)F)C(N)=O)CC1. The van der Waals surface area contributed by atoms with Gasteiger partial charge >= 0.3 is 6.18 Å². The van der Waals surface area contributed by atoms with E-state index in [1.54, 1.807) is 6.07 Å². The minimum Gasteiger partial charge on any atom is -0.368 e. The normalized spacial score (nSPS) is 21.3. The van der Waals surface area contributed by atoms with E-state index in [0.29, 0.717) is 12.8 Å². The molecule has 3 N–H and O–H groups in total. The Labute approximate surface area is 171 Å². The lowest BCUT2D eigenvalue weighted by Crippen LogP contribution is -2.67. The largest absolute Gasteiger partial charge is 0.408 e. The molecule has 2 saturated carbocycles. The third-order valence-corrected chi connectivity index (χ3v) is 7.61. The summed E-state index contributed by atoms with van der Waals surface area (Å²) in [5.41, 5.74) is 0.407. The molecule has 0 saturated heterocycles. The molecule has 1 amide bonds. The highest BCUT2D eigenvalue weighted by Crippen LogP contribution is 2.55. The molecule has 6 nitrogen and oxygen atoms in total. The predicted octanol–water partition coefficient (Wildman–Crippen LogP) is 2.37. The summed E-state index contributed by atoms with van der Waals surface area (Å²) in [6.45, 7) is 0. The standard InChI is InChI=1S/C19H21F4N3O3S/c20-14-4-2-1-3-13(14)15(19(21,22)23)26-18(16(25)27,17(10-24)7-8-17)11-30(28,29)9-12-5-6-12/h1-4,12,15,26H,5-9,11H2,(H2,25,27)/t15-,18-/m0/s1. The number of benzene rings is 1. The summed E-state index contributed by atoms with van der Waals surface area (Å²) in [5.74, 6) is -4.05. The predicted molar refractivity (Wildman–Crippen MR) is 98.9 cm³/mol. The second-order valence-electron chi connectivity index (χ2n) is 8.10. The number of alkyl halides is 3. The van der Waals surface area contributed by atoms with Crippen molar-refractivity contribution in [3.05, 3.63) is 35.6 Å². The first-order chi connectivity index (χ1) is 13.9. The maximum atomic E-state index is 14.2. The van der Waals surface area contributed by atoms with E-state index in [0.717, 1.165) is 12.1 Å². The molecule has 0 bridgehead atoms. The van der Waals surface area contributed by atoms with Crippen LogP contribution in [0.15, 0.2) is 24.3 Å². The van der Waals surface area contributed by atoms with Crippen LogP contribution in [0.5, 0.6) is 0 Å². The third kappa shape index (κ3) is 4.30. The molecule has 0 aliphatic heterocycles. The second kappa shape index (κ2) is 7.50. The number of hydrogen-bond donors (Lipinski definition) is 2. The van der Waals surface area contributed by atoms with E-state index in [1.807, 2.05) is 5.32 Å². The zero-order chi connectivity index (χ0) is 22.4. The average molecular weight is 447 g/mol. The summed E-state index contributed by atoms with van der Waals surface area (Å²) in [4.78, 5) is 12.5. The fourth-order valence-corrected chi connectivity index (χ4v) is 6.11. The summed E-state index contributed by atoms with van der Waals surface area (Å²) < 4.78 is 81.4. The first kappa shape index (κ1) is 22.5. The molecule has 30 heavy (non-hydrogen) atoms.